The van der Waals surface area contributed by atoms with E-state index >= 15 is 0 Å². The van der Waals surface area contributed by atoms with Gasteiger partial charge >= 0.3 is 0 Å². The molecule has 0 spiro atoms. The third kappa shape index (κ3) is 1.70. The van der Waals surface area contributed by atoms with Crippen LogP contribution in [-0.2, 0) is 0 Å². The van der Waals surface area contributed by atoms with Crippen molar-refractivity contribution >= 4 is 11.3 Å². The van der Waals surface area contributed by atoms with Gasteiger partial charge in [0, 0.05) is 12.4 Å². The summed E-state index contributed by atoms with van der Waals surface area (Å²) in [5.41, 5.74) is 2.86. The van der Waals surface area contributed by atoms with Crippen molar-refractivity contribution in [1.82, 2.24) is 20.1 Å². The molecule has 3 aromatic heterocycles. The molecule has 0 bridgehead atoms. The van der Waals surface area contributed by atoms with Crippen molar-refractivity contribution < 1.29 is 4.52 Å². The number of nitrogens with zero attached hydrogens (tertiary/aromatic N) is 4. The highest BCUT2D eigenvalue weighted by molar-refractivity contribution is 7.13. The summed E-state index contributed by atoms with van der Waals surface area (Å²) in [5, 5.41) is 12.6. The molecule has 3 aromatic rings. The van der Waals surface area contributed by atoms with Gasteiger partial charge in [-0.1, -0.05) is 5.16 Å². The van der Waals surface area contributed by atoms with E-state index in [2.05, 4.69) is 20.1 Å². The van der Waals surface area contributed by atoms with E-state index in [-0.39, 0.29) is 0 Å². The van der Waals surface area contributed by atoms with Gasteiger partial charge < -0.3 is 9.51 Å². The standard InChI is InChI=1S/C10H5N5OS/c11-2-6-1-7(13-3-6)10-14-9(15-16-10)8-4-12-5-17-8/h1,3-5,13H. The van der Waals surface area contributed by atoms with Crippen LogP contribution in [-0.4, -0.2) is 20.1 Å². The van der Waals surface area contributed by atoms with Crippen molar-refractivity contribution in [2.75, 3.05) is 0 Å². The highest BCUT2D eigenvalue weighted by Gasteiger charge is 2.13. The maximum atomic E-state index is 8.71. The second-order valence-corrected chi connectivity index (χ2v) is 4.09. The normalized spacial score (nSPS) is 10.3. The number of H-pyrrole nitrogens is 1. The van der Waals surface area contributed by atoms with Gasteiger partial charge in [-0.05, 0) is 6.07 Å². The summed E-state index contributed by atoms with van der Waals surface area (Å²) >= 11 is 1.44. The summed E-state index contributed by atoms with van der Waals surface area (Å²) in [5.74, 6) is 0.852. The maximum Gasteiger partial charge on any atom is 0.274 e. The second-order valence-electron chi connectivity index (χ2n) is 3.20. The highest BCUT2D eigenvalue weighted by Crippen LogP contribution is 2.23. The monoisotopic (exact) mass is 243 g/mol. The number of hydrogen-bond acceptors (Lipinski definition) is 6. The lowest BCUT2D eigenvalue weighted by Gasteiger charge is -1.84. The lowest BCUT2D eigenvalue weighted by Crippen LogP contribution is -1.77. The molecule has 0 atom stereocenters. The molecule has 17 heavy (non-hydrogen) atoms. The fourth-order valence-electron chi connectivity index (χ4n) is 1.34. The Hall–Kier alpha value is -2.46. The molecule has 0 aromatic carbocycles. The average Bonchev–Trinajstić information content (AvgIpc) is 3.09. The van der Waals surface area contributed by atoms with Gasteiger partial charge in [0.25, 0.3) is 5.89 Å². The van der Waals surface area contributed by atoms with Gasteiger partial charge in [0.2, 0.25) is 5.82 Å². The molecule has 0 saturated carbocycles. The van der Waals surface area contributed by atoms with Gasteiger partial charge in [0.1, 0.15) is 11.8 Å². The zero-order valence-electron chi connectivity index (χ0n) is 8.41. The molecule has 3 rings (SSSR count). The fourth-order valence-corrected chi connectivity index (χ4v) is 1.89. The number of nitrogens with one attached hydrogen (secondary N) is 1. The molecule has 0 aliphatic heterocycles. The van der Waals surface area contributed by atoms with Crippen molar-refractivity contribution in [3.63, 3.8) is 0 Å². The van der Waals surface area contributed by atoms with Crippen LogP contribution in [0.1, 0.15) is 5.56 Å². The zero-order chi connectivity index (χ0) is 11.7. The zero-order valence-corrected chi connectivity index (χ0v) is 9.23. The van der Waals surface area contributed by atoms with E-state index in [0.717, 1.165) is 4.88 Å². The van der Waals surface area contributed by atoms with Gasteiger partial charge in [0.05, 0.1) is 16.0 Å². The minimum absolute atomic E-state index is 0.356. The molecule has 0 amide bonds. The van der Waals surface area contributed by atoms with Gasteiger partial charge in [0.15, 0.2) is 0 Å². The molecule has 0 radical (unpaired) electrons. The molecule has 1 N–H and O–H groups in total. The van der Waals surface area contributed by atoms with Crippen LogP contribution < -0.4 is 0 Å². The third-order valence-corrected chi connectivity index (χ3v) is 2.89. The summed E-state index contributed by atoms with van der Waals surface area (Å²) < 4.78 is 5.11. The highest BCUT2D eigenvalue weighted by atomic mass is 32.1. The Kier molecular flexibility index (Phi) is 2.20. The van der Waals surface area contributed by atoms with Gasteiger partial charge in [-0.3, -0.25) is 4.98 Å². The van der Waals surface area contributed by atoms with Crippen LogP contribution in [0.5, 0.6) is 0 Å². The van der Waals surface area contributed by atoms with E-state index in [1.165, 1.54) is 11.3 Å². The van der Waals surface area contributed by atoms with E-state index in [9.17, 15) is 0 Å². The topological polar surface area (TPSA) is 91.4 Å². The predicted molar refractivity (Wildman–Crippen MR) is 59.9 cm³/mol. The van der Waals surface area contributed by atoms with E-state index in [0.29, 0.717) is 23.0 Å². The van der Waals surface area contributed by atoms with Crippen molar-refractivity contribution in [3.05, 3.63) is 29.5 Å². The lowest BCUT2D eigenvalue weighted by atomic mass is 10.3. The van der Waals surface area contributed by atoms with Crippen LogP contribution in [0.2, 0.25) is 0 Å². The second kappa shape index (κ2) is 3.84. The van der Waals surface area contributed by atoms with Crippen LogP contribution in [0.25, 0.3) is 22.3 Å². The molecule has 0 saturated heterocycles. The molecule has 0 fully saturated rings. The van der Waals surface area contributed by atoms with E-state index in [1.807, 2.05) is 6.07 Å². The molecule has 6 nitrogen and oxygen atoms in total. The summed E-state index contributed by atoms with van der Waals surface area (Å²) in [7, 11) is 0. The molecular formula is C10H5N5OS. The van der Waals surface area contributed by atoms with Crippen LogP contribution >= 0.6 is 11.3 Å². The van der Waals surface area contributed by atoms with E-state index in [1.54, 1.807) is 24.0 Å². The molecule has 3 heterocycles. The third-order valence-electron chi connectivity index (χ3n) is 2.12. The van der Waals surface area contributed by atoms with Gasteiger partial charge in [-0.2, -0.15) is 10.2 Å². The Bertz CT molecular complexity index is 676. The largest absolute Gasteiger partial charge is 0.356 e. The molecule has 0 aliphatic rings. The number of aromatic amines is 1. The quantitative estimate of drug-likeness (QED) is 0.743. The van der Waals surface area contributed by atoms with Gasteiger partial charge in [-0.25, -0.2) is 0 Å². The van der Waals surface area contributed by atoms with Crippen LogP contribution in [0.3, 0.4) is 0 Å². The first-order chi connectivity index (χ1) is 8.36. The number of thiazole rings is 1. The number of hydrogen-bond donors (Lipinski definition) is 1. The first kappa shape index (κ1) is 9.74. The Morgan fingerprint density at radius 2 is 2.41 bits per heavy atom. The molecular weight excluding hydrogens is 238 g/mol. The number of nitriles is 1. The molecule has 7 heteroatoms. The number of rotatable bonds is 2. The van der Waals surface area contributed by atoms with E-state index < -0.39 is 0 Å². The maximum absolute atomic E-state index is 8.71. The van der Waals surface area contributed by atoms with Crippen LogP contribution in [0.4, 0.5) is 0 Å². The Labute approximate surface area is 99.6 Å². The smallest absolute Gasteiger partial charge is 0.274 e. The minimum Gasteiger partial charge on any atom is -0.356 e. The Balaban J connectivity index is 1.98. The van der Waals surface area contributed by atoms with Crippen molar-refractivity contribution in [2.24, 2.45) is 0 Å². The van der Waals surface area contributed by atoms with Crippen molar-refractivity contribution in [3.8, 4) is 28.4 Å². The molecule has 0 unspecified atom stereocenters. The van der Waals surface area contributed by atoms with E-state index in [4.69, 9.17) is 9.78 Å². The fraction of sp³-hybridized carbons (Fsp3) is 0. The Morgan fingerprint density at radius 1 is 1.47 bits per heavy atom. The summed E-state index contributed by atoms with van der Waals surface area (Å²) in [4.78, 5) is 11.9. The molecule has 82 valence electrons. The van der Waals surface area contributed by atoms with Crippen molar-refractivity contribution in [2.45, 2.75) is 0 Å². The van der Waals surface area contributed by atoms with Crippen molar-refractivity contribution in [1.29, 1.82) is 5.26 Å². The number of aromatic nitrogens is 4. The summed E-state index contributed by atoms with van der Waals surface area (Å²) in [6, 6.07) is 3.68. The predicted octanol–water partition coefficient (Wildman–Crippen LogP) is 2.06. The lowest BCUT2D eigenvalue weighted by molar-refractivity contribution is 0.431. The van der Waals surface area contributed by atoms with Crippen LogP contribution in [0.15, 0.2) is 28.5 Å². The first-order valence-electron chi connectivity index (χ1n) is 4.68. The summed E-state index contributed by atoms with van der Waals surface area (Å²) in [6.07, 6.45) is 3.26. The molecule has 0 aliphatic carbocycles. The SMILES string of the molecule is N#Cc1c[nH]c(-c2nc(-c3cncs3)no2)c1. The van der Waals surface area contributed by atoms with Gasteiger partial charge in [-0.15, -0.1) is 11.3 Å². The first-order valence-corrected chi connectivity index (χ1v) is 5.56. The average molecular weight is 243 g/mol. The minimum atomic E-state index is 0.356. The van der Waals surface area contributed by atoms with Crippen LogP contribution in [0, 0.1) is 11.3 Å². The Morgan fingerprint density at radius 3 is 3.12 bits per heavy atom. The summed E-state index contributed by atoms with van der Waals surface area (Å²) in [6.45, 7) is 0.